The van der Waals surface area contributed by atoms with Gasteiger partial charge >= 0.3 is 0 Å². The van der Waals surface area contributed by atoms with Crippen molar-refractivity contribution in [3.05, 3.63) is 61.0 Å². The van der Waals surface area contributed by atoms with E-state index in [2.05, 4.69) is 31.9 Å². The maximum atomic E-state index is 10.7. The van der Waals surface area contributed by atoms with Gasteiger partial charge in [-0.25, -0.2) is 0 Å². The van der Waals surface area contributed by atoms with Crippen LogP contribution in [0.25, 0.3) is 0 Å². The minimum Gasteiger partial charge on any atom is -0.487 e. The van der Waals surface area contributed by atoms with Crippen LogP contribution in [0.2, 0.25) is 0 Å². The number of anilines is 1. The van der Waals surface area contributed by atoms with Gasteiger partial charge in [0.2, 0.25) is 0 Å². The van der Waals surface area contributed by atoms with Crippen molar-refractivity contribution < 1.29 is 9.66 Å². The molecule has 0 heterocycles. The first-order valence-electron chi connectivity index (χ1n) is 5.58. The monoisotopic (exact) mass is 400 g/mol. The third-order valence-corrected chi connectivity index (χ3v) is 3.71. The molecule has 0 fully saturated rings. The lowest BCUT2D eigenvalue weighted by Gasteiger charge is -2.10. The van der Waals surface area contributed by atoms with E-state index in [4.69, 9.17) is 10.5 Å². The number of nitrogen functional groups attached to an aromatic ring is 1. The highest BCUT2D eigenvalue weighted by molar-refractivity contribution is 9.11. The number of hydrogen-bond acceptors (Lipinski definition) is 4. The summed E-state index contributed by atoms with van der Waals surface area (Å²) in [6, 6.07) is 10.1. The molecular weight excluding hydrogens is 392 g/mol. The Balaban J connectivity index is 2.20. The molecule has 0 saturated heterocycles. The summed E-state index contributed by atoms with van der Waals surface area (Å²) in [4.78, 5) is 10.3. The molecule has 0 aliphatic carbocycles. The van der Waals surface area contributed by atoms with Crippen molar-refractivity contribution in [3.8, 4) is 5.75 Å². The molecule has 2 aromatic carbocycles. The first-order valence-corrected chi connectivity index (χ1v) is 7.16. The molecule has 2 aromatic rings. The zero-order chi connectivity index (χ0) is 14.7. The van der Waals surface area contributed by atoms with E-state index < -0.39 is 4.92 Å². The number of non-ortho nitro benzene ring substituents is 1. The number of nitrogens with two attached hydrogens (primary N) is 1. The van der Waals surface area contributed by atoms with E-state index in [-0.39, 0.29) is 5.69 Å². The fraction of sp³-hybridized carbons (Fsp3) is 0.0769. The molecule has 0 saturated carbocycles. The van der Waals surface area contributed by atoms with Crippen molar-refractivity contribution in [1.29, 1.82) is 0 Å². The molecule has 0 bridgehead atoms. The summed E-state index contributed by atoms with van der Waals surface area (Å²) in [5.41, 5.74) is 7.26. The summed E-state index contributed by atoms with van der Waals surface area (Å²) in [6.45, 7) is 0.319. The highest BCUT2D eigenvalue weighted by Crippen LogP contribution is 2.37. The second-order valence-electron chi connectivity index (χ2n) is 4.03. The Morgan fingerprint density at radius 3 is 2.40 bits per heavy atom. The zero-order valence-corrected chi connectivity index (χ0v) is 13.3. The Hall–Kier alpha value is -1.60. The van der Waals surface area contributed by atoms with E-state index in [0.29, 0.717) is 27.0 Å². The van der Waals surface area contributed by atoms with E-state index in [1.807, 2.05) is 18.2 Å². The topological polar surface area (TPSA) is 78.4 Å². The van der Waals surface area contributed by atoms with E-state index in [1.165, 1.54) is 12.1 Å². The number of hydrogen-bond donors (Lipinski definition) is 1. The molecule has 0 radical (unpaired) electrons. The van der Waals surface area contributed by atoms with Gasteiger partial charge in [0.05, 0.1) is 13.9 Å². The molecule has 104 valence electrons. The van der Waals surface area contributed by atoms with Crippen LogP contribution in [-0.2, 0) is 6.61 Å². The van der Waals surface area contributed by atoms with Crippen LogP contribution in [0.15, 0.2) is 45.3 Å². The normalized spacial score (nSPS) is 10.3. The smallest absolute Gasteiger partial charge is 0.271 e. The van der Waals surface area contributed by atoms with E-state index >= 15 is 0 Å². The average molecular weight is 402 g/mol. The van der Waals surface area contributed by atoms with Crippen molar-refractivity contribution in [3.63, 3.8) is 0 Å². The van der Waals surface area contributed by atoms with Gasteiger partial charge in [-0.15, -0.1) is 0 Å². The van der Waals surface area contributed by atoms with Crippen LogP contribution in [-0.4, -0.2) is 4.92 Å². The number of nitro groups is 1. The average Bonchev–Trinajstić information content (AvgIpc) is 2.37. The van der Waals surface area contributed by atoms with Gasteiger partial charge in [-0.05, 0) is 49.6 Å². The van der Waals surface area contributed by atoms with Crippen molar-refractivity contribution >= 4 is 43.2 Å². The first kappa shape index (κ1) is 14.8. The van der Waals surface area contributed by atoms with Crippen molar-refractivity contribution in [2.24, 2.45) is 0 Å². The molecule has 2 N–H and O–H groups in total. The third-order valence-electron chi connectivity index (χ3n) is 2.53. The molecule has 0 unspecified atom stereocenters. The van der Waals surface area contributed by atoms with E-state index in [0.717, 1.165) is 5.56 Å². The highest BCUT2D eigenvalue weighted by Gasteiger charge is 2.15. The largest absolute Gasteiger partial charge is 0.487 e. The van der Waals surface area contributed by atoms with E-state index in [9.17, 15) is 10.1 Å². The summed E-state index contributed by atoms with van der Waals surface area (Å²) in [5.74, 6) is 0.512. The Labute approximate surface area is 132 Å². The van der Waals surface area contributed by atoms with Crippen LogP contribution in [0.3, 0.4) is 0 Å². The van der Waals surface area contributed by atoms with Gasteiger partial charge in [-0.3, -0.25) is 10.1 Å². The fourth-order valence-electron chi connectivity index (χ4n) is 1.63. The maximum Gasteiger partial charge on any atom is 0.271 e. The Morgan fingerprint density at radius 1 is 1.20 bits per heavy atom. The summed E-state index contributed by atoms with van der Waals surface area (Å²) >= 11 is 6.54. The molecule has 0 aliphatic heterocycles. The Morgan fingerprint density at radius 2 is 1.85 bits per heavy atom. The number of halogens is 2. The maximum absolute atomic E-state index is 10.7. The van der Waals surface area contributed by atoms with Crippen molar-refractivity contribution in [2.45, 2.75) is 6.61 Å². The molecule has 0 atom stereocenters. The summed E-state index contributed by atoms with van der Waals surface area (Å²) < 4.78 is 6.70. The number of ether oxygens (including phenoxy) is 1. The molecule has 0 aromatic heterocycles. The molecule has 7 heteroatoms. The first-order chi connectivity index (χ1) is 9.47. The van der Waals surface area contributed by atoms with Crippen LogP contribution in [0, 0.1) is 10.1 Å². The quantitative estimate of drug-likeness (QED) is 0.471. The van der Waals surface area contributed by atoms with Crippen LogP contribution >= 0.6 is 31.9 Å². The zero-order valence-electron chi connectivity index (χ0n) is 10.2. The number of nitrogens with zero attached hydrogens (tertiary/aromatic N) is 1. The number of rotatable bonds is 4. The molecule has 5 nitrogen and oxygen atoms in total. The fourth-order valence-corrected chi connectivity index (χ4v) is 3.02. The molecule has 0 spiro atoms. The minimum absolute atomic E-state index is 0.0138. The highest BCUT2D eigenvalue weighted by atomic mass is 79.9. The van der Waals surface area contributed by atoms with Crippen LogP contribution in [0.4, 0.5) is 11.4 Å². The van der Waals surface area contributed by atoms with Crippen molar-refractivity contribution in [2.75, 3.05) is 5.73 Å². The lowest BCUT2D eigenvalue weighted by molar-refractivity contribution is -0.385. The van der Waals surface area contributed by atoms with Gasteiger partial charge in [0, 0.05) is 17.8 Å². The van der Waals surface area contributed by atoms with E-state index in [1.54, 1.807) is 6.07 Å². The third kappa shape index (κ3) is 3.49. The SMILES string of the molecule is Nc1cccc(COc2c(Br)cc([N+](=O)[O-])cc2Br)c1. The molecule has 20 heavy (non-hydrogen) atoms. The standard InChI is InChI=1S/C13H10Br2N2O3/c14-11-5-10(17(18)19)6-12(15)13(11)20-7-8-2-1-3-9(16)4-8/h1-6H,7,16H2. The lowest BCUT2D eigenvalue weighted by Crippen LogP contribution is -1.99. The van der Waals surface area contributed by atoms with Gasteiger partial charge < -0.3 is 10.5 Å². The second kappa shape index (κ2) is 6.23. The Bertz CT molecular complexity index is 639. The molecule has 0 amide bonds. The summed E-state index contributed by atoms with van der Waals surface area (Å²) in [5, 5.41) is 10.7. The van der Waals surface area contributed by atoms with Gasteiger partial charge in [0.1, 0.15) is 12.4 Å². The number of nitro benzene ring substituents is 1. The Kier molecular flexibility index (Phi) is 4.61. The van der Waals surface area contributed by atoms with Gasteiger partial charge in [0.25, 0.3) is 5.69 Å². The molecule has 2 rings (SSSR count). The predicted molar refractivity (Wildman–Crippen MR) is 83.7 cm³/mol. The number of benzene rings is 2. The summed E-state index contributed by atoms with van der Waals surface area (Å²) in [7, 11) is 0. The predicted octanol–water partition coefficient (Wildman–Crippen LogP) is 4.28. The van der Waals surface area contributed by atoms with Crippen LogP contribution < -0.4 is 10.5 Å². The van der Waals surface area contributed by atoms with Gasteiger partial charge in [0.15, 0.2) is 0 Å². The molecule has 0 aliphatic rings. The summed E-state index contributed by atoms with van der Waals surface area (Å²) in [6.07, 6.45) is 0. The minimum atomic E-state index is -0.461. The molecular formula is C13H10Br2N2O3. The van der Waals surface area contributed by atoms with Crippen LogP contribution in [0.5, 0.6) is 5.75 Å². The van der Waals surface area contributed by atoms with Crippen molar-refractivity contribution in [1.82, 2.24) is 0 Å². The van der Waals surface area contributed by atoms with Crippen LogP contribution in [0.1, 0.15) is 5.56 Å². The van der Waals surface area contributed by atoms with Gasteiger partial charge in [-0.2, -0.15) is 0 Å². The lowest BCUT2D eigenvalue weighted by atomic mass is 10.2. The van der Waals surface area contributed by atoms with Gasteiger partial charge in [-0.1, -0.05) is 12.1 Å². The second-order valence-corrected chi connectivity index (χ2v) is 5.74.